The zero-order valence-electron chi connectivity index (χ0n) is 20.3. The molecule has 0 saturated carbocycles. The lowest BCUT2D eigenvalue weighted by atomic mass is 9.86. The van der Waals surface area contributed by atoms with Gasteiger partial charge < -0.3 is 15.7 Å². The number of benzene rings is 2. The molecule has 7 heteroatoms. The first-order valence-corrected chi connectivity index (χ1v) is 12.0. The molecule has 3 atom stereocenters. The van der Waals surface area contributed by atoms with Crippen LogP contribution in [0.15, 0.2) is 48.5 Å². The second-order valence-electron chi connectivity index (χ2n) is 9.84. The number of nitrogens with zero attached hydrogens (tertiary/aromatic N) is 1. The van der Waals surface area contributed by atoms with E-state index in [0.29, 0.717) is 18.4 Å². The highest BCUT2D eigenvalue weighted by atomic mass is 16.3. The molecular weight excluding hydrogens is 428 g/mol. The first kappa shape index (κ1) is 24.0. The number of rotatable bonds is 6. The minimum atomic E-state index is -1.07. The van der Waals surface area contributed by atoms with Gasteiger partial charge in [-0.25, -0.2) is 0 Å². The Bertz CT molecular complexity index is 1100. The van der Waals surface area contributed by atoms with Crippen LogP contribution in [0.25, 0.3) is 0 Å². The molecule has 4 rings (SSSR count). The minimum Gasteiger partial charge on any atom is -0.387 e. The highest BCUT2D eigenvalue weighted by Gasteiger charge is 2.43. The molecule has 0 spiro atoms. The smallest absolute Gasteiger partial charge is 0.251 e. The van der Waals surface area contributed by atoms with Crippen molar-refractivity contribution in [3.63, 3.8) is 0 Å². The van der Waals surface area contributed by atoms with Crippen molar-refractivity contribution >= 4 is 17.8 Å². The van der Waals surface area contributed by atoms with E-state index in [0.717, 1.165) is 29.5 Å². The van der Waals surface area contributed by atoms with E-state index in [-0.39, 0.29) is 23.3 Å². The van der Waals surface area contributed by atoms with Gasteiger partial charge in [-0.2, -0.15) is 0 Å². The van der Waals surface area contributed by atoms with Crippen molar-refractivity contribution in [3.8, 4) is 0 Å². The van der Waals surface area contributed by atoms with Gasteiger partial charge in [0.05, 0.1) is 24.1 Å². The maximum absolute atomic E-state index is 13.2. The summed E-state index contributed by atoms with van der Waals surface area (Å²) in [5.41, 5.74) is 1.73. The number of carbonyl (C=O) groups excluding carboxylic acids is 2. The monoisotopic (exact) mass is 462 g/mol. The third kappa shape index (κ3) is 4.20. The highest BCUT2D eigenvalue weighted by molar-refractivity contribution is 6.00. The topological polar surface area (TPSA) is 106 Å². The largest absolute Gasteiger partial charge is 0.387 e. The zero-order valence-corrected chi connectivity index (χ0v) is 20.3. The minimum absolute atomic E-state index is 0.0894. The molecule has 2 aromatic carbocycles. The fourth-order valence-corrected chi connectivity index (χ4v) is 5.28. The van der Waals surface area contributed by atoms with Gasteiger partial charge in [0.1, 0.15) is 0 Å². The maximum Gasteiger partial charge on any atom is 0.251 e. The van der Waals surface area contributed by atoms with Crippen LogP contribution in [-0.4, -0.2) is 38.9 Å². The second kappa shape index (κ2) is 8.87. The fourth-order valence-electron chi connectivity index (χ4n) is 5.28. The predicted molar refractivity (Wildman–Crippen MR) is 131 cm³/mol. The molecule has 0 radical (unpaired) electrons. The molecule has 7 nitrogen and oxygen atoms in total. The molecule has 1 aliphatic carbocycles. The summed E-state index contributed by atoms with van der Waals surface area (Å²) in [6, 6.07) is 14.0. The maximum atomic E-state index is 13.2. The number of nitrogens with one attached hydrogen (secondary N) is 3. The first-order chi connectivity index (χ1) is 16.1. The van der Waals surface area contributed by atoms with Gasteiger partial charge in [0.25, 0.3) is 5.91 Å². The fraction of sp³-hybridized carbons (Fsp3) is 0.444. The first-order valence-electron chi connectivity index (χ1n) is 12.0. The van der Waals surface area contributed by atoms with Gasteiger partial charge in [-0.3, -0.25) is 19.9 Å². The molecule has 180 valence electrons. The van der Waals surface area contributed by atoms with Gasteiger partial charge in [-0.1, -0.05) is 50.2 Å². The zero-order chi connectivity index (χ0) is 24.7. The summed E-state index contributed by atoms with van der Waals surface area (Å²) >= 11 is 0. The van der Waals surface area contributed by atoms with Crippen LogP contribution in [0, 0.1) is 5.41 Å². The number of carbonyl (C=O) groups is 2. The number of aliphatic hydroxyl groups is 1. The molecule has 1 unspecified atom stereocenters. The SMILES string of the molecule is CCC1(CC)CC(=O)N([C@H](C)c2cccc(C(=O)N[C@@H]3c4ccccc4CC3(C)O)c2)C(=N)N1. The molecule has 0 bridgehead atoms. The van der Waals surface area contributed by atoms with E-state index in [4.69, 9.17) is 5.41 Å². The van der Waals surface area contributed by atoms with Gasteiger partial charge >= 0.3 is 0 Å². The molecule has 0 aromatic heterocycles. The van der Waals surface area contributed by atoms with Crippen LogP contribution < -0.4 is 10.6 Å². The Hall–Kier alpha value is -3.19. The molecule has 2 aliphatic rings. The van der Waals surface area contributed by atoms with Crippen molar-refractivity contribution in [1.82, 2.24) is 15.5 Å². The van der Waals surface area contributed by atoms with Crippen LogP contribution in [0.3, 0.4) is 0 Å². The Morgan fingerprint density at radius 3 is 2.59 bits per heavy atom. The van der Waals surface area contributed by atoms with Gasteiger partial charge in [0, 0.05) is 17.5 Å². The Kier molecular flexibility index (Phi) is 6.25. The van der Waals surface area contributed by atoms with Crippen LogP contribution in [0.2, 0.25) is 0 Å². The van der Waals surface area contributed by atoms with Crippen molar-refractivity contribution in [2.24, 2.45) is 0 Å². The summed E-state index contributed by atoms with van der Waals surface area (Å²) in [5.74, 6) is -0.278. The molecule has 1 saturated heterocycles. The molecule has 1 heterocycles. The van der Waals surface area contributed by atoms with E-state index >= 15 is 0 Å². The summed E-state index contributed by atoms with van der Waals surface area (Å²) < 4.78 is 0. The van der Waals surface area contributed by atoms with Crippen molar-refractivity contribution in [1.29, 1.82) is 5.41 Å². The number of guanidine groups is 1. The highest BCUT2D eigenvalue weighted by Crippen LogP contribution is 2.39. The summed E-state index contributed by atoms with van der Waals surface area (Å²) in [5, 5.41) is 25.7. The number of amides is 2. The lowest BCUT2D eigenvalue weighted by Gasteiger charge is -2.44. The molecule has 34 heavy (non-hydrogen) atoms. The Labute approximate surface area is 201 Å². The predicted octanol–water partition coefficient (Wildman–Crippen LogP) is 3.84. The van der Waals surface area contributed by atoms with Gasteiger partial charge in [-0.15, -0.1) is 0 Å². The summed E-state index contributed by atoms with van der Waals surface area (Å²) in [7, 11) is 0. The summed E-state index contributed by atoms with van der Waals surface area (Å²) in [6.07, 6.45) is 2.35. The van der Waals surface area contributed by atoms with E-state index in [1.807, 2.05) is 51.1 Å². The van der Waals surface area contributed by atoms with Crippen molar-refractivity contribution in [2.45, 2.75) is 76.6 Å². The number of fused-ring (bicyclic) bond motifs is 1. The van der Waals surface area contributed by atoms with E-state index in [1.165, 1.54) is 4.90 Å². The van der Waals surface area contributed by atoms with Gasteiger partial charge in [0.15, 0.2) is 5.96 Å². The molecule has 2 aromatic rings. The molecular formula is C27H34N4O3. The second-order valence-corrected chi connectivity index (χ2v) is 9.84. The molecule has 2 amide bonds. The van der Waals surface area contributed by atoms with Crippen LogP contribution in [0.4, 0.5) is 0 Å². The average Bonchev–Trinajstić information content (AvgIpc) is 3.07. The van der Waals surface area contributed by atoms with Crippen LogP contribution in [0.1, 0.15) is 86.1 Å². The quantitative estimate of drug-likeness (QED) is 0.523. The third-order valence-corrected chi connectivity index (χ3v) is 7.57. The lowest BCUT2D eigenvalue weighted by molar-refractivity contribution is -0.132. The summed E-state index contributed by atoms with van der Waals surface area (Å²) in [4.78, 5) is 27.7. The van der Waals surface area contributed by atoms with Crippen LogP contribution in [0.5, 0.6) is 0 Å². The van der Waals surface area contributed by atoms with Gasteiger partial charge in [0.2, 0.25) is 5.91 Å². The van der Waals surface area contributed by atoms with E-state index in [2.05, 4.69) is 10.6 Å². The van der Waals surface area contributed by atoms with Crippen molar-refractivity contribution in [2.75, 3.05) is 0 Å². The molecule has 4 N–H and O–H groups in total. The van der Waals surface area contributed by atoms with Gasteiger partial charge in [-0.05, 0) is 55.5 Å². The lowest BCUT2D eigenvalue weighted by Crippen LogP contribution is -2.62. The Morgan fingerprint density at radius 2 is 1.91 bits per heavy atom. The van der Waals surface area contributed by atoms with E-state index in [9.17, 15) is 14.7 Å². The standard InChI is InChI=1S/C27H34N4O3/c1-5-27(6-2)16-22(32)31(25(28)30-27)17(3)18-11-9-12-19(14-18)24(33)29-23-21-13-8-7-10-20(21)15-26(23,4)34/h7-14,17,23,34H,5-6,15-16H2,1-4H3,(H2,28,30)(H,29,33)/t17-,23-,26?/m1/s1. The number of hydrogen-bond donors (Lipinski definition) is 4. The van der Waals surface area contributed by atoms with Crippen molar-refractivity contribution in [3.05, 3.63) is 70.8 Å². The van der Waals surface area contributed by atoms with Crippen LogP contribution >= 0.6 is 0 Å². The van der Waals surface area contributed by atoms with Crippen molar-refractivity contribution < 1.29 is 14.7 Å². The van der Waals surface area contributed by atoms with Crippen LogP contribution in [-0.2, 0) is 11.2 Å². The average molecular weight is 463 g/mol. The van der Waals surface area contributed by atoms with E-state index in [1.54, 1.807) is 25.1 Å². The number of hydrogen-bond acceptors (Lipinski definition) is 4. The van der Waals surface area contributed by atoms with E-state index < -0.39 is 17.7 Å². The Morgan fingerprint density at radius 1 is 1.21 bits per heavy atom. The molecule has 1 aliphatic heterocycles. The molecule has 1 fully saturated rings. The Balaban J connectivity index is 1.54. The third-order valence-electron chi connectivity index (χ3n) is 7.57. The normalized spacial score (nSPS) is 24.4. The summed E-state index contributed by atoms with van der Waals surface area (Å²) in [6.45, 7) is 7.66.